The molecule has 1 heterocycles. The summed E-state index contributed by atoms with van der Waals surface area (Å²) >= 11 is 0. The molecule has 0 unspecified atom stereocenters. The number of aromatic nitrogens is 1. The summed E-state index contributed by atoms with van der Waals surface area (Å²) in [6, 6.07) is 4.52. The number of hydrogen-bond donors (Lipinski definition) is 1. The lowest BCUT2D eigenvalue weighted by Crippen LogP contribution is -2.49. The second kappa shape index (κ2) is 4.54. The van der Waals surface area contributed by atoms with Crippen LogP contribution in [-0.4, -0.2) is 10.9 Å². The molecule has 4 saturated carbocycles. The molecular formula is C16H19FN2O. The topological polar surface area (TPSA) is 42.0 Å². The van der Waals surface area contributed by atoms with Crippen molar-refractivity contribution in [2.75, 3.05) is 5.32 Å². The maximum Gasteiger partial charge on any atom is 0.229 e. The van der Waals surface area contributed by atoms with Crippen LogP contribution in [0.1, 0.15) is 32.1 Å². The molecule has 0 aromatic carbocycles. The molecule has 20 heavy (non-hydrogen) atoms. The van der Waals surface area contributed by atoms with E-state index in [9.17, 15) is 9.18 Å². The smallest absolute Gasteiger partial charge is 0.229 e. The van der Waals surface area contributed by atoms with Gasteiger partial charge in [0.1, 0.15) is 5.82 Å². The molecule has 106 valence electrons. The fraction of sp³-hybridized carbons (Fsp3) is 0.625. The zero-order valence-corrected chi connectivity index (χ0v) is 11.4. The molecular weight excluding hydrogens is 255 g/mol. The number of carbonyl (C=O) groups is 1. The third-order valence-corrected chi connectivity index (χ3v) is 5.50. The highest BCUT2D eigenvalue weighted by Crippen LogP contribution is 2.56. The van der Waals surface area contributed by atoms with Gasteiger partial charge in [0.05, 0.1) is 0 Å². The highest BCUT2D eigenvalue weighted by atomic mass is 19.1. The van der Waals surface area contributed by atoms with Gasteiger partial charge in [0, 0.05) is 5.92 Å². The molecule has 0 saturated heterocycles. The van der Waals surface area contributed by atoms with E-state index in [1.165, 1.54) is 38.2 Å². The maximum absolute atomic E-state index is 13.1. The van der Waals surface area contributed by atoms with Gasteiger partial charge in [0.2, 0.25) is 11.9 Å². The van der Waals surface area contributed by atoms with Crippen LogP contribution in [0.3, 0.4) is 0 Å². The first-order valence-electron chi connectivity index (χ1n) is 7.62. The molecule has 0 atom stereocenters. The molecule has 4 heteroatoms. The van der Waals surface area contributed by atoms with E-state index in [4.69, 9.17) is 0 Å². The van der Waals surface area contributed by atoms with Gasteiger partial charge in [-0.15, -0.1) is 0 Å². The number of nitrogens with zero attached hydrogens (tertiary/aromatic N) is 1. The molecule has 1 aromatic rings. The minimum Gasteiger partial charge on any atom is -0.310 e. The van der Waals surface area contributed by atoms with E-state index in [2.05, 4.69) is 10.3 Å². The molecule has 4 fully saturated rings. The van der Waals surface area contributed by atoms with Crippen molar-refractivity contribution in [1.82, 2.24) is 4.98 Å². The molecule has 0 spiro atoms. The monoisotopic (exact) mass is 274 g/mol. The third-order valence-electron chi connectivity index (χ3n) is 5.50. The number of carbonyl (C=O) groups excluding carboxylic acids is 1. The van der Waals surface area contributed by atoms with Crippen molar-refractivity contribution in [3.8, 4) is 0 Å². The Kier molecular flexibility index (Phi) is 2.79. The molecule has 4 bridgehead atoms. The maximum atomic E-state index is 13.1. The number of halogens is 1. The summed E-state index contributed by atoms with van der Waals surface area (Å²) in [6.07, 6.45) is 6.22. The van der Waals surface area contributed by atoms with Crippen molar-refractivity contribution in [2.24, 2.45) is 29.6 Å². The summed E-state index contributed by atoms with van der Waals surface area (Å²) in [5, 5.41) is 2.82. The molecule has 3 nitrogen and oxygen atoms in total. The Morgan fingerprint density at radius 1 is 1.10 bits per heavy atom. The van der Waals surface area contributed by atoms with Crippen molar-refractivity contribution < 1.29 is 9.18 Å². The Labute approximate surface area is 118 Å². The number of nitrogens with one attached hydrogen (secondary N) is 1. The van der Waals surface area contributed by atoms with Gasteiger partial charge in [-0.3, -0.25) is 4.79 Å². The molecule has 1 aromatic heterocycles. The van der Waals surface area contributed by atoms with Crippen molar-refractivity contribution in [1.29, 1.82) is 0 Å². The summed E-state index contributed by atoms with van der Waals surface area (Å²) in [4.78, 5) is 16.3. The van der Waals surface area contributed by atoms with E-state index in [-0.39, 0.29) is 11.8 Å². The SMILES string of the molecule is O=C(Nc1cccc(F)n1)C1C2CC3CC(C2)CC1C3. The zero-order valence-electron chi connectivity index (χ0n) is 11.4. The van der Waals surface area contributed by atoms with Gasteiger partial charge < -0.3 is 5.32 Å². The van der Waals surface area contributed by atoms with Crippen LogP contribution in [0.2, 0.25) is 0 Å². The van der Waals surface area contributed by atoms with E-state index in [0.29, 0.717) is 17.7 Å². The van der Waals surface area contributed by atoms with Gasteiger partial charge in [0.15, 0.2) is 0 Å². The highest BCUT2D eigenvalue weighted by Gasteiger charge is 2.50. The Balaban J connectivity index is 1.51. The molecule has 5 rings (SSSR count). The second-order valence-corrected chi connectivity index (χ2v) is 6.79. The molecule has 4 aliphatic rings. The van der Waals surface area contributed by atoms with Crippen molar-refractivity contribution in [3.05, 3.63) is 24.1 Å². The molecule has 0 aliphatic heterocycles. The summed E-state index contributed by atoms with van der Waals surface area (Å²) in [5.74, 6) is 2.75. The van der Waals surface area contributed by atoms with Crippen LogP contribution in [0.4, 0.5) is 10.2 Å². The number of rotatable bonds is 2. The molecule has 0 radical (unpaired) electrons. The first-order valence-corrected chi connectivity index (χ1v) is 7.62. The minimum atomic E-state index is -0.548. The van der Waals surface area contributed by atoms with Crippen LogP contribution in [0.15, 0.2) is 18.2 Å². The standard InChI is InChI=1S/C16H19FN2O/c17-13-2-1-3-14(18-13)19-16(20)15-11-5-9-4-10(7-11)8-12(15)6-9/h1-3,9-12,15H,4-8H2,(H,18,19,20). The average molecular weight is 274 g/mol. The lowest BCUT2D eigenvalue weighted by Gasteiger charge is -2.53. The second-order valence-electron chi connectivity index (χ2n) is 6.79. The van der Waals surface area contributed by atoms with Crippen LogP contribution in [0.25, 0.3) is 0 Å². The summed E-state index contributed by atoms with van der Waals surface area (Å²) < 4.78 is 13.1. The van der Waals surface area contributed by atoms with E-state index < -0.39 is 5.95 Å². The lowest BCUT2D eigenvalue weighted by atomic mass is 9.51. The van der Waals surface area contributed by atoms with E-state index >= 15 is 0 Å². The van der Waals surface area contributed by atoms with Crippen molar-refractivity contribution in [3.63, 3.8) is 0 Å². The van der Waals surface area contributed by atoms with Crippen LogP contribution in [0, 0.1) is 35.5 Å². The Morgan fingerprint density at radius 3 is 2.35 bits per heavy atom. The average Bonchev–Trinajstić information content (AvgIpc) is 2.37. The summed E-state index contributed by atoms with van der Waals surface area (Å²) in [5.41, 5.74) is 0. The number of hydrogen-bond acceptors (Lipinski definition) is 2. The van der Waals surface area contributed by atoms with E-state index in [0.717, 1.165) is 11.8 Å². The Morgan fingerprint density at radius 2 is 1.75 bits per heavy atom. The molecule has 1 amide bonds. The molecule has 1 N–H and O–H groups in total. The molecule has 4 aliphatic carbocycles. The first kappa shape index (κ1) is 12.3. The highest BCUT2D eigenvalue weighted by molar-refractivity contribution is 5.92. The first-order chi connectivity index (χ1) is 9.69. The fourth-order valence-corrected chi connectivity index (χ4v) is 5.04. The lowest BCUT2D eigenvalue weighted by molar-refractivity contribution is -0.132. The number of pyridine rings is 1. The van der Waals surface area contributed by atoms with Crippen molar-refractivity contribution in [2.45, 2.75) is 32.1 Å². The van der Waals surface area contributed by atoms with E-state index in [1.54, 1.807) is 12.1 Å². The van der Waals surface area contributed by atoms with Gasteiger partial charge in [-0.05, 0) is 67.9 Å². The van der Waals surface area contributed by atoms with Gasteiger partial charge in [-0.1, -0.05) is 6.07 Å². The third kappa shape index (κ3) is 2.02. The normalized spacial score (nSPS) is 38.0. The summed E-state index contributed by atoms with van der Waals surface area (Å²) in [7, 11) is 0. The quantitative estimate of drug-likeness (QED) is 0.841. The summed E-state index contributed by atoms with van der Waals surface area (Å²) in [6.45, 7) is 0. The van der Waals surface area contributed by atoms with Gasteiger partial charge in [-0.2, -0.15) is 4.39 Å². The number of anilines is 1. The predicted octanol–water partition coefficient (Wildman–Crippen LogP) is 3.23. The zero-order chi connectivity index (χ0) is 13.7. The van der Waals surface area contributed by atoms with E-state index in [1.807, 2.05) is 0 Å². The van der Waals surface area contributed by atoms with Crippen molar-refractivity contribution >= 4 is 11.7 Å². The van der Waals surface area contributed by atoms with Crippen LogP contribution in [-0.2, 0) is 4.79 Å². The minimum absolute atomic E-state index is 0.0527. The van der Waals surface area contributed by atoms with Gasteiger partial charge in [0.25, 0.3) is 0 Å². The number of amides is 1. The largest absolute Gasteiger partial charge is 0.310 e. The predicted molar refractivity (Wildman–Crippen MR) is 73.4 cm³/mol. The van der Waals surface area contributed by atoms with Gasteiger partial charge >= 0.3 is 0 Å². The van der Waals surface area contributed by atoms with Crippen LogP contribution >= 0.6 is 0 Å². The fourth-order valence-electron chi connectivity index (χ4n) is 5.04. The Bertz CT molecular complexity index is 517. The van der Waals surface area contributed by atoms with Crippen LogP contribution in [0.5, 0.6) is 0 Å². The van der Waals surface area contributed by atoms with Crippen LogP contribution < -0.4 is 5.32 Å². The Hall–Kier alpha value is -1.45. The van der Waals surface area contributed by atoms with Gasteiger partial charge in [-0.25, -0.2) is 4.98 Å².